The number of fused-ring (bicyclic) bond motifs is 1. The average molecular weight is 411 g/mol. The number of ether oxygens (including phenoxy) is 2. The zero-order valence-corrected chi connectivity index (χ0v) is 16.6. The summed E-state index contributed by atoms with van der Waals surface area (Å²) in [4.78, 5) is 26.1. The Bertz CT molecular complexity index is 968. The number of carbonyl (C=O) groups is 2. The van der Waals surface area contributed by atoms with Crippen molar-refractivity contribution < 1.29 is 19.1 Å². The number of amides is 2. The van der Waals surface area contributed by atoms with Gasteiger partial charge in [0.05, 0.1) is 23.2 Å². The Morgan fingerprint density at radius 2 is 2.07 bits per heavy atom. The zero-order valence-electron chi connectivity index (χ0n) is 15.8. The van der Waals surface area contributed by atoms with E-state index < -0.39 is 0 Å². The van der Waals surface area contributed by atoms with Gasteiger partial charge in [0.25, 0.3) is 5.91 Å². The Hall–Kier alpha value is -2.87. The summed E-state index contributed by atoms with van der Waals surface area (Å²) in [5, 5.41) is 10.9. The molecule has 3 aliphatic rings. The molecule has 2 aromatic rings. The normalized spacial score (nSPS) is 20.3. The van der Waals surface area contributed by atoms with Gasteiger partial charge in [-0.2, -0.15) is 5.10 Å². The van der Waals surface area contributed by atoms with E-state index in [1.807, 2.05) is 35.7 Å². The largest absolute Gasteiger partial charge is 0.454 e. The molecule has 0 saturated heterocycles. The van der Waals surface area contributed by atoms with Gasteiger partial charge in [-0.15, -0.1) is 11.3 Å². The second-order valence-electron chi connectivity index (χ2n) is 7.44. The minimum Gasteiger partial charge on any atom is -0.454 e. The Labute approximate surface area is 172 Å². The molecular weight excluding hydrogens is 390 g/mol. The van der Waals surface area contributed by atoms with Crippen molar-refractivity contribution in [2.24, 2.45) is 11.0 Å². The molecule has 29 heavy (non-hydrogen) atoms. The van der Waals surface area contributed by atoms with E-state index in [1.165, 1.54) is 5.01 Å². The molecule has 2 amide bonds. The van der Waals surface area contributed by atoms with Gasteiger partial charge in [-0.1, -0.05) is 18.6 Å². The molecule has 1 N–H and O–H groups in total. The van der Waals surface area contributed by atoms with Crippen LogP contribution >= 0.6 is 11.3 Å². The third-order valence-corrected chi connectivity index (χ3v) is 6.56. The molecule has 3 heterocycles. The number of carbonyl (C=O) groups excluding carboxylic acids is 2. The van der Waals surface area contributed by atoms with Crippen LogP contribution in [0.3, 0.4) is 0 Å². The van der Waals surface area contributed by atoms with Crippen LogP contribution < -0.4 is 14.8 Å². The van der Waals surface area contributed by atoms with Crippen LogP contribution in [0.15, 0.2) is 40.8 Å². The number of rotatable bonds is 5. The first-order valence-corrected chi connectivity index (χ1v) is 10.7. The van der Waals surface area contributed by atoms with Gasteiger partial charge < -0.3 is 14.8 Å². The highest BCUT2D eigenvalue weighted by molar-refractivity contribution is 7.12. The molecule has 1 saturated carbocycles. The molecule has 1 aromatic heterocycles. The first-order valence-electron chi connectivity index (χ1n) is 9.80. The highest BCUT2D eigenvalue weighted by atomic mass is 32.1. The summed E-state index contributed by atoms with van der Waals surface area (Å²) in [5.41, 5.74) is 1.81. The number of nitrogens with one attached hydrogen (secondary N) is 1. The van der Waals surface area contributed by atoms with Crippen molar-refractivity contribution >= 4 is 28.9 Å². The average Bonchev–Trinajstić information content (AvgIpc) is 3.43. The van der Waals surface area contributed by atoms with Gasteiger partial charge in [0, 0.05) is 12.3 Å². The summed E-state index contributed by atoms with van der Waals surface area (Å²) in [6.45, 7) is 0.161. The summed E-state index contributed by atoms with van der Waals surface area (Å²) in [7, 11) is 0. The van der Waals surface area contributed by atoms with Crippen molar-refractivity contribution in [3.63, 3.8) is 0 Å². The van der Waals surface area contributed by atoms with Crippen LogP contribution in [0.2, 0.25) is 0 Å². The van der Waals surface area contributed by atoms with Crippen LogP contribution in [-0.4, -0.2) is 35.9 Å². The van der Waals surface area contributed by atoms with Crippen molar-refractivity contribution in [1.29, 1.82) is 0 Å². The van der Waals surface area contributed by atoms with Crippen molar-refractivity contribution in [1.82, 2.24) is 10.3 Å². The molecule has 1 aliphatic carbocycles. The standard InChI is InChI=1S/C21H21N3O4S/c25-20(11-22-21(26)13-3-1-4-13)24-16(10-15(23-24)19-5-2-8-29-19)14-6-7-17-18(9-14)28-12-27-17/h2,5-9,13,16H,1,3-4,10-12H2,(H,22,26)/t16-/m0/s1. The van der Waals surface area contributed by atoms with Crippen LogP contribution in [0, 0.1) is 5.92 Å². The Kier molecular flexibility index (Phi) is 4.71. The van der Waals surface area contributed by atoms with Gasteiger partial charge in [0.15, 0.2) is 11.5 Å². The van der Waals surface area contributed by atoms with E-state index in [2.05, 4.69) is 10.4 Å². The Morgan fingerprint density at radius 3 is 2.83 bits per heavy atom. The topological polar surface area (TPSA) is 80.2 Å². The molecule has 1 aromatic carbocycles. The molecule has 0 spiro atoms. The van der Waals surface area contributed by atoms with E-state index in [9.17, 15) is 9.59 Å². The van der Waals surface area contributed by atoms with E-state index in [0.29, 0.717) is 17.9 Å². The maximum Gasteiger partial charge on any atom is 0.262 e. The third-order valence-electron chi connectivity index (χ3n) is 5.64. The second-order valence-corrected chi connectivity index (χ2v) is 8.39. The summed E-state index contributed by atoms with van der Waals surface area (Å²) >= 11 is 1.60. The van der Waals surface area contributed by atoms with Crippen molar-refractivity contribution in [3.8, 4) is 11.5 Å². The lowest BCUT2D eigenvalue weighted by atomic mass is 9.85. The number of nitrogens with zero attached hydrogens (tertiary/aromatic N) is 2. The third kappa shape index (κ3) is 3.48. The predicted molar refractivity (Wildman–Crippen MR) is 108 cm³/mol. The molecule has 2 aliphatic heterocycles. The summed E-state index contributed by atoms with van der Waals surface area (Å²) < 4.78 is 10.9. The second kappa shape index (κ2) is 7.51. The van der Waals surface area contributed by atoms with Crippen LogP contribution in [0.1, 0.15) is 42.2 Å². The predicted octanol–water partition coefficient (Wildman–Crippen LogP) is 3.07. The monoisotopic (exact) mass is 411 g/mol. The molecule has 7 nitrogen and oxygen atoms in total. The quantitative estimate of drug-likeness (QED) is 0.820. The number of benzene rings is 1. The first-order chi connectivity index (χ1) is 14.2. The van der Waals surface area contributed by atoms with Crippen LogP contribution in [0.25, 0.3) is 0 Å². The lowest BCUT2D eigenvalue weighted by Crippen LogP contribution is -2.41. The molecule has 0 radical (unpaired) electrons. The number of hydrogen-bond donors (Lipinski definition) is 1. The minimum absolute atomic E-state index is 0.0362. The van der Waals surface area contributed by atoms with E-state index in [-0.39, 0.29) is 37.1 Å². The molecule has 5 rings (SSSR count). The van der Waals surface area contributed by atoms with Crippen molar-refractivity contribution in [2.75, 3.05) is 13.3 Å². The summed E-state index contributed by atoms with van der Waals surface area (Å²) in [6, 6.07) is 9.45. The van der Waals surface area contributed by atoms with Crippen LogP contribution in [-0.2, 0) is 9.59 Å². The molecule has 1 atom stereocenters. The lowest BCUT2D eigenvalue weighted by Gasteiger charge is -2.25. The minimum atomic E-state index is -0.241. The molecule has 150 valence electrons. The van der Waals surface area contributed by atoms with Gasteiger partial charge in [0.2, 0.25) is 12.7 Å². The fourth-order valence-electron chi connectivity index (χ4n) is 3.77. The van der Waals surface area contributed by atoms with Gasteiger partial charge >= 0.3 is 0 Å². The van der Waals surface area contributed by atoms with Gasteiger partial charge in [0.1, 0.15) is 0 Å². The SMILES string of the molecule is O=C(NCC(=O)N1N=C(c2cccs2)C[C@H]1c1ccc2c(c1)OCO2)C1CCC1. The van der Waals surface area contributed by atoms with Gasteiger partial charge in [-0.25, -0.2) is 5.01 Å². The van der Waals surface area contributed by atoms with Crippen LogP contribution in [0.5, 0.6) is 11.5 Å². The zero-order chi connectivity index (χ0) is 19.8. The highest BCUT2D eigenvalue weighted by Gasteiger charge is 2.35. The fraction of sp³-hybridized carbons (Fsp3) is 0.381. The van der Waals surface area contributed by atoms with E-state index in [0.717, 1.165) is 35.4 Å². The van der Waals surface area contributed by atoms with Crippen LogP contribution in [0.4, 0.5) is 0 Å². The van der Waals surface area contributed by atoms with E-state index in [1.54, 1.807) is 11.3 Å². The lowest BCUT2D eigenvalue weighted by molar-refractivity contribution is -0.136. The summed E-state index contributed by atoms with van der Waals surface area (Å²) in [5.74, 6) is 1.18. The Balaban J connectivity index is 1.37. The van der Waals surface area contributed by atoms with E-state index >= 15 is 0 Å². The molecule has 1 fully saturated rings. The first kappa shape index (κ1) is 18.2. The number of hydrazone groups is 1. The smallest absolute Gasteiger partial charge is 0.262 e. The molecule has 8 heteroatoms. The van der Waals surface area contributed by atoms with Crippen molar-refractivity contribution in [3.05, 3.63) is 46.2 Å². The highest BCUT2D eigenvalue weighted by Crippen LogP contribution is 2.39. The van der Waals surface area contributed by atoms with Crippen molar-refractivity contribution in [2.45, 2.75) is 31.7 Å². The fourth-order valence-corrected chi connectivity index (χ4v) is 4.49. The molecular formula is C21H21N3O4S. The maximum absolute atomic E-state index is 13.0. The van der Waals surface area contributed by atoms with E-state index in [4.69, 9.17) is 9.47 Å². The number of thiophene rings is 1. The number of hydrogen-bond acceptors (Lipinski definition) is 6. The molecule has 0 bridgehead atoms. The molecule has 0 unspecified atom stereocenters. The Morgan fingerprint density at radius 1 is 1.21 bits per heavy atom. The van der Waals surface area contributed by atoms with Gasteiger partial charge in [-0.05, 0) is 42.0 Å². The maximum atomic E-state index is 13.0. The summed E-state index contributed by atoms with van der Waals surface area (Å²) in [6.07, 6.45) is 3.51. The van der Waals surface area contributed by atoms with Gasteiger partial charge in [-0.3, -0.25) is 9.59 Å².